The molecular weight excluding hydrogens is 228 g/mol. The molecule has 0 amide bonds. The molecule has 0 aliphatic heterocycles. The maximum absolute atomic E-state index is 5.75. The average molecular weight is 246 g/mol. The van der Waals surface area contributed by atoms with Crippen LogP contribution in [0.1, 0.15) is 11.4 Å². The summed E-state index contributed by atoms with van der Waals surface area (Å²) in [5, 5.41) is 0. The standard InChI is InChI=1S/C13H18N4O/c1-11-2-3-13(12(16-11)4-5-14)18-9-8-17-7-6-15-10-17/h2-3,6-7,10H,4-5,8-9,14H2,1H3. The highest BCUT2D eigenvalue weighted by atomic mass is 16.5. The van der Waals surface area contributed by atoms with Crippen LogP contribution in [-0.2, 0) is 13.0 Å². The van der Waals surface area contributed by atoms with Gasteiger partial charge in [0.2, 0.25) is 0 Å². The van der Waals surface area contributed by atoms with Crippen molar-refractivity contribution < 1.29 is 4.74 Å². The maximum Gasteiger partial charge on any atom is 0.140 e. The second kappa shape index (κ2) is 6.16. The molecule has 5 heteroatoms. The highest BCUT2D eigenvalue weighted by Crippen LogP contribution is 2.17. The first-order valence-electron chi connectivity index (χ1n) is 6.04. The molecule has 18 heavy (non-hydrogen) atoms. The van der Waals surface area contributed by atoms with E-state index in [0.29, 0.717) is 13.2 Å². The van der Waals surface area contributed by atoms with Gasteiger partial charge in [-0.1, -0.05) is 0 Å². The van der Waals surface area contributed by atoms with Gasteiger partial charge in [0.1, 0.15) is 12.4 Å². The molecule has 96 valence electrons. The highest BCUT2D eigenvalue weighted by Gasteiger charge is 2.05. The second-order valence-electron chi connectivity index (χ2n) is 4.09. The third-order valence-electron chi connectivity index (χ3n) is 2.62. The molecule has 0 unspecified atom stereocenters. The quantitative estimate of drug-likeness (QED) is 0.830. The predicted octanol–water partition coefficient (Wildman–Crippen LogP) is 1.17. The number of hydrogen-bond acceptors (Lipinski definition) is 4. The number of aromatic nitrogens is 3. The Morgan fingerprint density at radius 1 is 1.39 bits per heavy atom. The lowest BCUT2D eigenvalue weighted by Crippen LogP contribution is -2.11. The number of ether oxygens (including phenoxy) is 1. The lowest BCUT2D eigenvalue weighted by atomic mass is 10.2. The highest BCUT2D eigenvalue weighted by molar-refractivity contribution is 5.29. The van der Waals surface area contributed by atoms with E-state index in [0.717, 1.165) is 30.1 Å². The van der Waals surface area contributed by atoms with Crippen LogP contribution in [0.5, 0.6) is 5.75 Å². The molecule has 0 saturated heterocycles. The minimum Gasteiger partial charge on any atom is -0.490 e. The zero-order chi connectivity index (χ0) is 12.8. The van der Waals surface area contributed by atoms with Crippen molar-refractivity contribution in [3.05, 3.63) is 42.2 Å². The summed E-state index contributed by atoms with van der Waals surface area (Å²) in [5.41, 5.74) is 7.50. The van der Waals surface area contributed by atoms with Gasteiger partial charge in [0.05, 0.1) is 18.6 Å². The van der Waals surface area contributed by atoms with Crippen LogP contribution in [0.2, 0.25) is 0 Å². The molecule has 2 aromatic rings. The molecule has 0 aliphatic carbocycles. The van der Waals surface area contributed by atoms with Crippen molar-refractivity contribution in [1.82, 2.24) is 14.5 Å². The fraction of sp³-hybridized carbons (Fsp3) is 0.385. The molecule has 2 aromatic heterocycles. The van der Waals surface area contributed by atoms with E-state index in [-0.39, 0.29) is 0 Å². The van der Waals surface area contributed by atoms with E-state index in [4.69, 9.17) is 10.5 Å². The van der Waals surface area contributed by atoms with Crippen LogP contribution in [0.3, 0.4) is 0 Å². The van der Waals surface area contributed by atoms with Crippen molar-refractivity contribution in [1.29, 1.82) is 0 Å². The van der Waals surface area contributed by atoms with Gasteiger partial charge in [0, 0.05) is 24.5 Å². The molecule has 0 bridgehead atoms. The van der Waals surface area contributed by atoms with Crippen molar-refractivity contribution in [2.24, 2.45) is 5.73 Å². The molecule has 0 atom stereocenters. The molecule has 2 heterocycles. The van der Waals surface area contributed by atoms with Crippen LogP contribution in [0, 0.1) is 6.92 Å². The van der Waals surface area contributed by atoms with E-state index in [9.17, 15) is 0 Å². The van der Waals surface area contributed by atoms with Crippen molar-refractivity contribution in [3.8, 4) is 5.75 Å². The summed E-state index contributed by atoms with van der Waals surface area (Å²) in [6, 6.07) is 3.91. The first-order valence-corrected chi connectivity index (χ1v) is 6.04. The normalized spacial score (nSPS) is 10.6. The third kappa shape index (κ3) is 3.30. The molecule has 0 spiro atoms. The molecule has 2 rings (SSSR count). The van der Waals surface area contributed by atoms with Crippen LogP contribution >= 0.6 is 0 Å². The fourth-order valence-electron chi connectivity index (χ4n) is 1.72. The zero-order valence-corrected chi connectivity index (χ0v) is 10.5. The van der Waals surface area contributed by atoms with Gasteiger partial charge in [-0.05, 0) is 25.6 Å². The molecule has 0 saturated carbocycles. The number of aryl methyl sites for hydroxylation is 1. The van der Waals surface area contributed by atoms with Gasteiger partial charge in [-0.15, -0.1) is 0 Å². The topological polar surface area (TPSA) is 66.0 Å². The van der Waals surface area contributed by atoms with E-state index in [1.807, 2.05) is 29.8 Å². The summed E-state index contributed by atoms with van der Waals surface area (Å²) in [7, 11) is 0. The Bertz CT molecular complexity index is 482. The predicted molar refractivity (Wildman–Crippen MR) is 69.5 cm³/mol. The number of pyridine rings is 1. The van der Waals surface area contributed by atoms with E-state index in [1.54, 1.807) is 12.5 Å². The summed E-state index contributed by atoms with van der Waals surface area (Å²) >= 11 is 0. The Kier molecular flexibility index (Phi) is 4.30. The van der Waals surface area contributed by atoms with E-state index in [2.05, 4.69) is 9.97 Å². The van der Waals surface area contributed by atoms with Gasteiger partial charge < -0.3 is 15.0 Å². The summed E-state index contributed by atoms with van der Waals surface area (Å²) < 4.78 is 7.73. The Balaban J connectivity index is 1.95. The number of nitrogens with zero attached hydrogens (tertiary/aromatic N) is 3. The number of imidazole rings is 1. The van der Waals surface area contributed by atoms with Crippen LogP contribution in [0.15, 0.2) is 30.9 Å². The van der Waals surface area contributed by atoms with E-state index < -0.39 is 0 Å². The molecule has 0 fully saturated rings. The first kappa shape index (κ1) is 12.6. The van der Waals surface area contributed by atoms with Crippen molar-refractivity contribution in [3.63, 3.8) is 0 Å². The lowest BCUT2D eigenvalue weighted by molar-refractivity contribution is 0.294. The van der Waals surface area contributed by atoms with Crippen LogP contribution in [0.25, 0.3) is 0 Å². The molecule has 2 N–H and O–H groups in total. The zero-order valence-electron chi connectivity index (χ0n) is 10.5. The van der Waals surface area contributed by atoms with Gasteiger partial charge in [0.25, 0.3) is 0 Å². The molecule has 0 aliphatic rings. The van der Waals surface area contributed by atoms with Gasteiger partial charge >= 0.3 is 0 Å². The maximum atomic E-state index is 5.75. The number of hydrogen-bond donors (Lipinski definition) is 1. The van der Waals surface area contributed by atoms with Crippen LogP contribution < -0.4 is 10.5 Å². The molecular formula is C13H18N4O. The van der Waals surface area contributed by atoms with Crippen LogP contribution in [0.4, 0.5) is 0 Å². The van der Waals surface area contributed by atoms with E-state index in [1.165, 1.54) is 0 Å². The fourth-order valence-corrected chi connectivity index (χ4v) is 1.72. The molecule has 0 aromatic carbocycles. The largest absolute Gasteiger partial charge is 0.490 e. The summed E-state index contributed by atoms with van der Waals surface area (Å²) in [6.07, 6.45) is 6.18. The smallest absolute Gasteiger partial charge is 0.140 e. The van der Waals surface area contributed by atoms with Crippen molar-refractivity contribution in [2.75, 3.05) is 13.2 Å². The summed E-state index contributed by atoms with van der Waals surface area (Å²) in [6.45, 7) is 3.91. The first-order chi connectivity index (χ1) is 8.79. The second-order valence-corrected chi connectivity index (χ2v) is 4.09. The van der Waals surface area contributed by atoms with Gasteiger partial charge in [-0.3, -0.25) is 4.98 Å². The Hall–Kier alpha value is -1.88. The Morgan fingerprint density at radius 2 is 2.28 bits per heavy atom. The van der Waals surface area contributed by atoms with Crippen molar-refractivity contribution in [2.45, 2.75) is 19.9 Å². The molecule has 0 radical (unpaired) electrons. The Labute approximate surface area is 107 Å². The Morgan fingerprint density at radius 3 is 3.00 bits per heavy atom. The number of nitrogens with two attached hydrogens (primary N) is 1. The van der Waals surface area contributed by atoms with Gasteiger partial charge in [-0.25, -0.2) is 4.98 Å². The number of rotatable bonds is 6. The average Bonchev–Trinajstić information content (AvgIpc) is 2.85. The van der Waals surface area contributed by atoms with E-state index >= 15 is 0 Å². The van der Waals surface area contributed by atoms with Gasteiger partial charge in [0.15, 0.2) is 0 Å². The summed E-state index contributed by atoms with van der Waals surface area (Å²) in [5.74, 6) is 0.825. The lowest BCUT2D eigenvalue weighted by Gasteiger charge is -2.11. The van der Waals surface area contributed by atoms with Crippen LogP contribution in [-0.4, -0.2) is 27.7 Å². The minimum absolute atomic E-state index is 0.578. The molecule has 5 nitrogen and oxygen atoms in total. The SMILES string of the molecule is Cc1ccc(OCCn2ccnc2)c(CCN)n1. The monoisotopic (exact) mass is 246 g/mol. The third-order valence-corrected chi connectivity index (χ3v) is 2.62. The minimum atomic E-state index is 0.578. The summed E-state index contributed by atoms with van der Waals surface area (Å²) in [4.78, 5) is 8.44. The van der Waals surface area contributed by atoms with Gasteiger partial charge in [-0.2, -0.15) is 0 Å². The van der Waals surface area contributed by atoms with Crippen molar-refractivity contribution >= 4 is 0 Å².